The number of amides is 1. The molecule has 0 saturated heterocycles. The van der Waals surface area contributed by atoms with Crippen LogP contribution < -0.4 is 21.9 Å². The van der Waals surface area contributed by atoms with Gasteiger partial charge in [0.15, 0.2) is 12.3 Å². The minimum atomic E-state index is -0.792. The zero-order valence-electron chi connectivity index (χ0n) is 18.8. The molecule has 0 aliphatic carbocycles. The number of nitrogens with zero attached hydrogens (tertiary/aromatic N) is 2. The van der Waals surface area contributed by atoms with Crippen LogP contribution in [0.15, 0.2) is 68.7 Å². The molecule has 2 aromatic carbocycles. The van der Waals surface area contributed by atoms with Crippen molar-refractivity contribution in [3.8, 4) is 0 Å². The van der Waals surface area contributed by atoms with Crippen molar-refractivity contribution in [3.63, 3.8) is 0 Å². The van der Waals surface area contributed by atoms with Gasteiger partial charge in [-0.2, -0.15) is 0 Å². The topological polar surface area (TPSA) is 127 Å². The highest BCUT2D eigenvalue weighted by atomic mass is 79.9. The number of anilines is 2. The molecule has 0 saturated carbocycles. The van der Waals surface area contributed by atoms with E-state index < -0.39 is 29.7 Å². The summed E-state index contributed by atoms with van der Waals surface area (Å²) in [6, 6.07) is 15.6. The predicted molar refractivity (Wildman–Crippen MR) is 133 cm³/mol. The Kier molecular flexibility index (Phi) is 8.06. The maximum absolute atomic E-state index is 13.1. The Morgan fingerprint density at radius 1 is 1.09 bits per heavy atom. The average Bonchev–Trinajstić information content (AvgIpc) is 2.80. The van der Waals surface area contributed by atoms with E-state index in [1.54, 1.807) is 24.3 Å². The van der Waals surface area contributed by atoms with Crippen molar-refractivity contribution in [2.75, 3.05) is 23.8 Å². The van der Waals surface area contributed by atoms with Crippen molar-refractivity contribution in [1.82, 2.24) is 9.55 Å². The molecule has 0 aliphatic heterocycles. The number of esters is 1. The van der Waals surface area contributed by atoms with Crippen molar-refractivity contribution in [2.24, 2.45) is 5.92 Å². The number of hydrogen-bond donors (Lipinski definition) is 2. The number of nitrogens with two attached hydrogens (primary N) is 1. The van der Waals surface area contributed by atoms with E-state index in [9.17, 15) is 19.2 Å². The van der Waals surface area contributed by atoms with Crippen LogP contribution in [0, 0.1) is 5.92 Å². The first-order valence-electron chi connectivity index (χ1n) is 10.6. The van der Waals surface area contributed by atoms with Crippen molar-refractivity contribution in [3.05, 3.63) is 91.0 Å². The number of aromatic amines is 1. The smallest absolute Gasteiger partial charge is 0.338 e. The quantitative estimate of drug-likeness (QED) is 0.432. The Balaban J connectivity index is 1.90. The van der Waals surface area contributed by atoms with Gasteiger partial charge in [0, 0.05) is 11.0 Å². The normalized spacial score (nSPS) is 10.8. The van der Waals surface area contributed by atoms with Gasteiger partial charge in [0.1, 0.15) is 5.82 Å². The zero-order valence-corrected chi connectivity index (χ0v) is 20.4. The first-order valence-corrected chi connectivity index (χ1v) is 11.4. The number of carbonyl (C=O) groups is 2. The molecule has 10 heteroatoms. The Labute approximate surface area is 204 Å². The first-order chi connectivity index (χ1) is 16.2. The predicted octanol–water partition coefficient (Wildman–Crippen LogP) is 2.78. The Morgan fingerprint density at radius 2 is 1.74 bits per heavy atom. The molecule has 34 heavy (non-hydrogen) atoms. The third-order valence-corrected chi connectivity index (χ3v) is 5.45. The second-order valence-corrected chi connectivity index (χ2v) is 8.96. The number of nitrogen functional groups attached to an aromatic ring is 1. The van der Waals surface area contributed by atoms with E-state index in [0.717, 1.165) is 14.9 Å². The number of aromatic nitrogens is 2. The van der Waals surface area contributed by atoms with Crippen molar-refractivity contribution in [2.45, 2.75) is 20.4 Å². The third-order valence-electron chi connectivity index (χ3n) is 4.92. The number of rotatable bonds is 8. The molecule has 0 spiro atoms. The van der Waals surface area contributed by atoms with Crippen LogP contribution in [0.25, 0.3) is 0 Å². The van der Waals surface area contributed by atoms with Crippen LogP contribution in [-0.4, -0.2) is 34.6 Å². The Hall–Kier alpha value is -3.66. The summed E-state index contributed by atoms with van der Waals surface area (Å²) in [6.45, 7) is 3.36. The third kappa shape index (κ3) is 6.02. The lowest BCUT2D eigenvalue weighted by Crippen LogP contribution is -2.44. The molecule has 3 rings (SSSR count). The monoisotopic (exact) mass is 528 g/mol. The lowest BCUT2D eigenvalue weighted by Gasteiger charge is -2.26. The minimum absolute atomic E-state index is 0.0422. The van der Waals surface area contributed by atoms with Crippen LogP contribution in [-0.2, 0) is 16.1 Å². The van der Waals surface area contributed by atoms with E-state index in [1.807, 2.05) is 44.2 Å². The number of ether oxygens (including phenoxy) is 1. The summed E-state index contributed by atoms with van der Waals surface area (Å²) in [5.41, 5.74) is 5.68. The summed E-state index contributed by atoms with van der Waals surface area (Å²) in [5, 5.41) is 0. The van der Waals surface area contributed by atoms with Gasteiger partial charge in [-0.3, -0.25) is 19.1 Å². The van der Waals surface area contributed by atoms with Gasteiger partial charge in [0.25, 0.3) is 11.5 Å². The summed E-state index contributed by atoms with van der Waals surface area (Å²) in [5.74, 6) is -1.51. The zero-order chi connectivity index (χ0) is 24.8. The lowest BCUT2D eigenvalue weighted by atomic mass is 10.2. The van der Waals surface area contributed by atoms with Gasteiger partial charge in [-0.25, -0.2) is 9.59 Å². The van der Waals surface area contributed by atoms with E-state index in [4.69, 9.17) is 10.5 Å². The second-order valence-electron chi connectivity index (χ2n) is 8.05. The van der Waals surface area contributed by atoms with Gasteiger partial charge in [-0.1, -0.05) is 60.1 Å². The van der Waals surface area contributed by atoms with E-state index >= 15 is 0 Å². The molecule has 0 radical (unpaired) electrons. The van der Waals surface area contributed by atoms with Crippen molar-refractivity contribution in [1.29, 1.82) is 0 Å². The number of nitrogens with one attached hydrogen (secondary N) is 1. The molecule has 1 heterocycles. The first kappa shape index (κ1) is 25.0. The summed E-state index contributed by atoms with van der Waals surface area (Å²) in [4.78, 5) is 54.0. The van der Waals surface area contributed by atoms with E-state index in [1.165, 1.54) is 4.57 Å². The molecule has 1 aromatic heterocycles. The van der Waals surface area contributed by atoms with E-state index in [2.05, 4.69) is 20.9 Å². The van der Waals surface area contributed by atoms with Gasteiger partial charge in [0.2, 0.25) is 0 Å². The van der Waals surface area contributed by atoms with Gasteiger partial charge in [-0.05, 0) is 35.7 Å². The molecule has 9 nitrogen and oxygen atoms in total. The van der Waals surface area contributed by atoms with Gasteiger partial charge in [-0.15, -0.1) is 0 Å². The molecule has 3 N–H and O–H groups in total. The molecule has 0 fully saturated rings. The van der Waals surface area contributed by atoms with E-state index in [-0.39, 0.29) is 36.1 Å². The summed E-state index contributed by atoms with van der Waals surface area (Å²) >= 11 is 3.29. The minimum Gasteiger partial charge on any atom is -0.452 e. The molecule has 1 amide bonds. The van der Waals surface area contributed by atoms with E-state index in [0.29, 0.717) is 0 Å². The van der Waals surface area contributed by atoms with Crippen LogP contribution in [0.1, 0.15) is 29.8 Å². The molecule has 0 aliphatic rings. The number of hydrogen-bond acceptors (Lipinski definition) is 6. The van der Waals surface area contributed by atoms with Crippen LogP contribution in [0.2, 0.25) is 0 Å². The Bertz CT molecular complexity index is 1280. The highest BCUT2D eigenvalue weighted by Crippen LogP contribution is 2.20. The average molecular weight is 529 g/mol. The van der Waals surface area contributed by atoms with Crippen LogP contribution in [0.3, 0.4) is 0 Å². The molecule has 0 bridgehead atoms. The summed E-state index contributed by atoms with van der Waals surface area (Å²) in [6.07, 6.45) is 0. The molecule has 0 atom stereocenters. The number of carbonyl (C=O) groups excluding carboxylic acids is 2. The number of H-pyrrole nitrogens is 1. The largest absolute Gasteiger partial charge is 0.452 e. The van der Waals surface area contributed by atoms with Gasteiger partial charge in [0.05, 0.1) is 12.1 Å². The fourth-order valence-electron chi connectivity index (χ4n) is 3.32. The van der Waals surface area contributed by atoms with Crippen LogP contribution in [0.5, 0.6) is 0 Å². The van der Waals surface area contributed by atoms with Crippen LogP contribution in [0.4, 0.5) is 11.5 Å². The summed E-state index contributed by atoms with van der Waals surface area (Å²) in [7, 11) is 0. The van der Waals surface area contributed by atoms with Gasteiger partial charge < -0.3 is 15.4 Å². The Morgan fingerprint density at radius 3 is 2.35 bits per heavy atom. The molecule has 0 unspecified atom stereocenters. The lowest BCUT2D eigenvalue weighted by molar-refractivity contribution is -0.121. The maximum Gasteiger partial charge on any atom is 0.338 e. The molecular weight excluding hydrogens is 504 g/mol. The second kappa shape index (κ2) is 11.0. The highest BCUT2D eigenvalue weighted by molar-refractivity contribution is 9.10. The van der Waals surface area contributed by atoms with Crippen molar-refractivity contribution < 1.29 is 14.3 Å². The maximum atomic E-state index is 13.1. The van der Waals surface area contributed by atoms with Crippen molar-refractivity contribution >= 4 is 39.3 Å². The highest BCUT2D eigenvalue weighted by Gasteiger charge is 2.26. The molecule has 178 valence electrons. The standard InChI is InChI=1S/C24H25BrN4O5/c1-15(2)12-28(19(30)14-34-23(32)17-8-10-18(25)11-9-17)20-21(26)29(24(33)27-22(20)31)13-16-6-4-3-5-7-16/h3-11,15H,12-14,26H2,1-2H3,(H,27,31,33). The van der Waals surface area contributed by atoms with Crippen LogP contribution >= 0.6 is 15.9 Å². The number of benzene rings is 2. The molecule has 3 aromatic rings. The molecular formula is C24H25BrN4O5. The SMILES string of the molecule is CC(C)CN(C(=O)COC(=O)c1ccc(Br)cc1)c1c(N)n(Cc2ccccc2)c(=O)[nH]c1=O. The number of halogens is 1. The van der Waals surface area contributed by atoms with Gasteiger partial charge >= 0.3 is 11.7 Å². The fraction of sp³-hybridized carbons (Fsp3) is 0.250. The fourth-order valence-corrected chi connectivity index (χ4v) is 3.58. The summed E-state index contributed by atoms with van der Waals surface area (Å²) < 4.78 is 7.17.